The number of amides is 1. The molecular formula is C16H21NO3. The Morgan fingerprint density at radius 3 is 2.45 bits per heavy atom. The van der Waals surface area contributed by atoms with Crippen molar-refractivity contribution in [1.82, 2.24) is 5.32 Å². The van der Waals surface area contributed by atoms with Gasteiger partial charge in [0.25, 0.3) is 0 Å². The Hall–Kier alpha value is -2.10. The van der Waals surface area contributed by atoms with Crippen molar-refractivity contribution in [3.63, 3.8) is 0 Å². The molecule has 1 rings (SSSR count). The average molecular weight is 275 g/mol. The van der Waals surface area contributed by atoms with Crippen molar-refractivity contribution in [3.8, 4) is 0 Å². The highest BCUT2D eigenvalue weighted by atomic mass is 16.4. The molecule has 0 aliphatic heterocycles. The van der Waals surface area contributed by atoms with Gasteiger partial charge in [0.2, 0.25) is 5.91 Å². The maximum absolute atomic E-state index is 11.6. The molecule has 0 aromatic heterocycles. The number of carbonyl (C=O) groups is 2. The van der Waals surface area contributed by atoms with E-state index in [1.54, 1.807) is 0 Å². The fraction of sp³-hybridized carbons (Fsp3) is 0.375. The van der Waals surface area contributed by atoms with Crippen LogP contribution in [0.25, 0.3) is 0 Å². The predicted molar refractivity (Wildman–Crippen MR) is 78.5 cm³/mol. The lowest BCUT2D eigenvalue weighted by atomic mass is 9.88. The van der Waals surface area contributed by atoms with E-state index in [4.69, 9.17) is 5.11 Å². The van der Waals surface area contributed by atoms with Crippen molar-refractivity contribution >= 4 is 11.9 Å². The molecule has 0 heterocycles. The summed E-state index contributed by atoms with van der Waals surface area (Å²) >= 11 is 0. The zero-order valence-corrected chi connectivity index (χ0v) is 11.9. The van der Waals surface area contributed by atoms with Crippen LogP contribution in [0.5, 0.6) is 0 Å². The van der Waals surface area contributed by atoms with Gasteiger partial charge in [0.15, 0.2) is 0 Å². The molecule has 0 spiro atoms. The Bertz CT molecular complexity index is 468. The van der Waals surface area contributed by atoms with Crippen molar-refractivity contribution in [1.29, 1.82) is 0 Å². The highest BCUT2D eigenvalue weighted by molar-refractivity contribution is 5.94. The van der Waals surface area contributed by atoms with Crippen molar-refractivity contribution in [3.05, 3.63) is 48.0 Å². The largest absolute Gasteiger partial charge is 0.478 e. The van der Waals surface area contributed by atoms with Crippen molar-refractivity contribution in [2.24, 2.45) is 0 Å². The van der Waals surface area contributed by atoms with E-state index in [2.05, 4.69) is 24.4 Å². The first-order valence-corrected chi connectivity index (χ1v) is 6.81. The van der Waals surface area contributed by atoms with E-state index in [9.17, 15) is 9.59 Å². The third-order valence-electron chi connectivity index (χ3n) is 3.18. The number of carboxylic acids is 1. The van der Waals surface area contributed by atoms with Crippen LogP contribution in [0.4, 0.5) is 0 Å². The fourth-order valence-electron chi connectivity index (χ4n) is 2.24. The molecule has 0 bridgehead atoms. The van der Waals surface area contributed by atoms with Crippen LogP contribution in [-0.4, -0.2) is 23.0 Å². The van der Waals surface area contributed by atoms with Gasteiger partial charge in [-0.3, -0.25) is 4.79 Å². The standard InChI is InChI=1S/C16H21NO3/c1-3-7-14(13-8-5-4-6-9-13)12(2)17-15(18)10-11-16(19)20/h4-6,8-12,14H,3,7H2,1-2H3,(H,17,18)(H,19,20)/b11-10-. The Morgan fingerprint density at radius 2 is 1.90 bits per heavy atom. The zero-order chi connectivity index (χ0) is 15.0. The SMILES string of the molecule is CCCC(c1ccccc1)C(C)NC(=O)/C=C\C(=O)O. The highest BCUT2D eigenvalue weighted by Gasteiger charge is 2.19. The van der Waals surface area contributed by atoms with Crippen LogP contribution < -0.4 is 5.32 Å². The molecule has 4 heteroatoms. The van der Waals surface area contributed by atoms with E-state index in [0.29, 0.717) is 0 Å². The maximum atomic E-state index is 11.6. The first kappa shape index (κ1) is 16.0. The summed E-state index contributed by atoms with van der Waals surface area (Å²) in [4.78, 5) is 22.0. The zero-order valence-electron chi connectivity index (χ0n) is 11.9. The molecule has 1 amide bonds. The molecule has 0 saturated carbocycles. The van der Waals surface area contributed by atoms with Crippen LogP contribution in [-0.2, 0) is 9.59 Å². The summed E-state index contributed by atoms with van der Waals surface area (Å²) < 4.78 is 0. The van der Waals surface area contributed by atoms with Crippen LogP contribution in [0, 0.1) is 0 Å². The molecule has 4 nitrogen and oxygen atoms in total. The third kappa shape index (κ3) is 5.26. The second-order valence-corrected chi connectivity index (χ2v) is 4.77. The van der Waals surface area contributed by atoms with E-state index in [1.807, 2.05) is 25.1 Å². The number of benzene rings is 1. The quantitative estimate of drug-likeness (QED) is 0.752. The van der Waals surface area contributed by atoms with Crippen molar-refractivity contribution in [2.75, 3.05) is 0 Å². The fourth-order valence-corrected chi connectivity index (χ4v) is 2.24. The van der Waals surface area contributed by atoms with Crippen molar-refractivity contribution in [2.45, 2.75) is 38.6 Å². The van der Waals surface area contributed by atoms with Crippen LogP contribution in [0.2, 0.25) is 0 Å². The molecule has 0 aliphatic rings. The number of aliphatic carboxylic acids is 1. The molecule has 2 N–H and O–H groups in total. The van der Waals surface area contributed by atoms with Gasteiger partial charge >= 0.3 is 5.97 Å². The van der Waals surface area contributed by atoms with E-state index >= 15 is 0 Å². The Labute approximate surface area is 119 Å². The minimum atomic E-state index is -1.12. The summed E-state index contributed by atoms with van der Waals surface area (Å²) in [5.41, 5.74) is 1.18. The summed E-state index contributed by atoms with van der Waals surface area (Å²) in [6.45, 7) is 4.05. The Balaban J connectivity index is 2.72. The summed E-state index contributed by atoms with van der Waals surface area (Å²) in [5, 5.41) is 11.3. The first-order valence-electron chi connectivity index (χ1n) is 6.81. The van der Waals surface area contributed by atoms with Crippen LogP contribution >= 0.6 is 0 Å². The van der Waals surface area contributed by atoms with Crippen LogP contribution in [0.1, 0.15) is 38.2 Å². The molecular weight excluding hydrogens is 254 g/mol. The number of carboxylic acid groups (broad SMARTS) is 1. The van der Waals surface area contributed by atoms with Crippen molar-refractivity contribution < 1.29 is 14.7 Å². The minimum absolute atomic E-state index is 0.0525. The Kier molecular flexibility index (Phi) is 6.50. The van der Waals surface area contributed by atoms with Gasteiger partial charge in [0.05, 0.1) is 0 Å². The van der Waals surface area contributed by atoms with Gasteiger partial charge in [-0.2, -0.15) is 0 Å². The number of hydrogen-bond donors (Lipinski definition) is 2. The monoisotopic (exact) mass is 275 g/mol. The number of nitrogens with one attached hydrogen (secondary N) is 1. The van der Waals surface area contributed by atoms with E-state index in [0.717, 1.165) is 25.0 Å². The molecule has 0 aliphatic carbocycles. The van der Waals surface area contributed by atoms with Gasteiger partial charge in [-0.15, -0.1) is 0 Å². The summed E-state index contributed by atoms with van der Waals surface area (Å²) in [6, 6.07) is 9.98. The van der Waals surface area contributed by atoms with Gasteiger partial charge in [0.1, 0.15) is 0 Å². The third-order valence-corrected chi connectivity index (χ3v) is 3.18. The van der Waals surface area contributed by atoms with Crippen LogP contribution in [0.3, 0.4) is 0 Å². The molecule has 1 aromatic carbocycles. The maximum Gasteiger partial charge on any atom is 0.328 e. The number of hydrogen-bond acceptors (Lipinski definition) is 2. The topological polar surface area (TPSA) is 66.4 Å². The molecule has 0 radical (unpaired) electrons. The van der Waals surface area contributed by atoms with Gasteiger partial charge in [-0.25, -0.2) is 4.79 Å². The van der Waals surface area contributed by atoms with E-state index < -0.39 is 5.97 Å². The minimum Gasteiger partial charge on any atom is -0.478 e. The molecule has 2 unspecified atom stereocenters. The molecule has 2 atom stereocenters. The number of rotatable bonds is 7. The van der Waals surface area contributed by atoms with Gasteiger partial charge in [-0.1, -0.05) is 43.7 Å². The lowest BCUT2D eigenvalue weighted by Gasteiger charge is -2.24. The van der Waals surface area contributed by atoms with Gasteiger partial charge < -0.3 is 10.4 Å². The smallest absolute Gasteiger partial charge is 0.328 e. The normalized spacial score (nSPS) is 13.9. The molecule has 0 fully saturated rings. The summed E-state index contributed by atoms with van der Waals surface area (Å²) in [6.07, 6.45) is 3.88. The first-order chi connectivity index (χ1) is 9.54. The predicted octanol–water partition coefficient (Wildman–Crippen LogP) is 2.72. The van der Waals surface area contributed by atoms with Crippen LogP contribution in [0.15, 0.2) is 42.5 Å². The van der Waals surface area contributed by atoms with E-state index in [1.165, 1.54) is 5.56 Å². The molecule has 1 aromatic rings. The molecule has 108 valence electrons. The molecule has 0 saturated heterocycles. The summed E-state index contributed by atoms with van der Waals surface area (Å²) in [5.74, 6) is -1.28. The Morgan fingerprint density at radius 1 is 1.25 bits per heavy atom. The second kappa shape index (κ2) is 8.15. The summed E-state index contributed by atoms with van der Waals surface area (Å²) in [7, 11) is 0. The second-order valence-electron chi connectivity index (χ2n) is 4.77. The highest BCUT2D eigenvalue weighted by Crippen LogP contribution is 2.24. The lowest BCUT2D eigenvalue weighted by molar-refractivity contribution is -0.131. The molecule has 20 heavy (non-hydrogen) atoms. The van der Waals surface area contributed by atoms with E-state index in [-0.39, 0.29) is 17.9 Å². The van der Waals surface area contributed by atoms with Gasteiger partial charge in [-0.05, 0) is 18.9 Å². The lowest BCUT2D eigenvalue weighted by Crippen LogP contribution is -2.36. The van der Waals surface area contributed by atoms with Gasteiger partial charge in [0, 0.05) is 24.1 Å². The average Bonchev–Trinajstić information content (AvgIpc) is 2.43. The number of carbonyl (C=O) groups excluding carboxylic acids is 1.